The van der Waals surface area contributed by atoms with Gasteiger partial charge in [-0.3, -0.25) is 9.48 Å². The zero-order valence-corrected chi connectivity index (χ0v) is 16.0. The molecule has 1 aromatic carbocycles. The van der Waals surface area contributed by atoms with Gasteiger partial charge in [-0.05, 0) is 38.1 Å². The van der Waals surface area contributed by atoms with Crippen LogP contribution in [0.4, 0.5) is 0 Å². The molecule has 0 saturated carbocycles. The molecule has 1 amide bonds. The highest BCUT2D eigenvalue weighted by Gasteiger charge is 2.12. The molecule has 2 aromatic heterocycles. The highest BCUT2D eigenvalue weighted by atomic mass is 32.1. The predicted octanol–water partition coefficient (Wildman–Crippen LogP) is 2.61. The van der Waals surface area contributed by atoms with Crippen LogP contribution in [0, 0.1) is 0 Å². The maximum Gasteiger partial charge on any atom is 0.297 e. The minimum absolute atomic E-state index is 0.313. The fraction of sp³-hybridized carbons (Fsp3) is 0.389. The van der Waals surface area contributed by atoms with E-state index in [0.717, 1.165) is 16.0 Å². The summed E-state index contributed by atoms with van der Waals surface area (Å²) in [6, 6.07) is 7.57. The van der Waals surface area contributed by atoms with Crippen LogP contribution in [0.15, 0.2) is 35.5 Å². The van der Waals surface area contributed by atoms with Crippen molar-refractivity contribution < 1.29 is 14.3 Å². The number of carbonyl (C=O) groups is 1. The number of benzene rings is 1. The molecule has 0 N–H and O–H groups in total. The number of aromatic nitrogens is 3. The Morgan fingerprint density at radius 2 is 2.12 bits per heavy atom. The summed E-state index contributed by atoms with van der Waals surface area (Å²) in [6.45, 7) is 6.35. The molecule has 0 bridgehead atoms. The van der Waals surface area contributed by atoms with Crippen molar-refractivity contribution in [2.24, 2.45) is 12.0 Å². The molecule has 0 unspecified atom stereocenters. The molecule has 0 spiro atoms. The summed E-state index contributed by atoms with van der Waals surface area (Å²) in [6.07, 6.45) is 1.59. The van der Waals surface area contributed by atoms with Gasteiger partial charge in [-0.2, -0.15) is 10.1 Å². The molecule has 0 aliphatic heterocycles. The van der Waals surface area contributed by atoms with Crippen LogP contribution in [-0.2, 0) is 18.3 Å². The summed E-state index contributed by atoms with van der Waals surface area (Å²) < 4.78 is 15.6. The fourth-order valence-electron chi connectivity index (χ4n) is 2.64. The van der Waals surface area contributed by atoms with E-state index >= 15 is 0 Å². The Bertz CT molecular complexity index is 970. The van der Waals surface area contributed by atoms with Gasteiger partial charge in [0.2, 0.25) is 0 Å². The van der Waals surface area contributed by atoms with Gasteiger partial charge in [0, 0.05) is 26.4 Å². The third kappa shape index (κ3) is 3.86. The standard InChI is InChI=1S/C18H22N4O3S/c1-4-24-11-10-22-14-7-6-13(25-5-2)12-16(14)26-18(22)20-17(23)15-8-9-19-21(15)3/h6-9,12H,4-5,10-11H2,1-3H3. The Balaban J connectivity index is 2.06. The molecule has 0 aliphatic carbocycles. The average molecular weight is 374 g/mol. The Kier molecular flexibility index (Phi) is 5.85. The number of thiazole rings is 1. The van der Waals surface area contributed by atoms with Gasteiger partial charge < -0.3 is 14.0 Å². The van der Waals surface area contributed by atoms with E-state index in [1.807, 2.05) is 36.6 Å². The zero-order chi connectivity index (χ0) is 18.5. The van der Waals surface area contributed by atoms with E-state index in [0.29, 0.717) is 36.9 Å². The number of carbonyl (C=O) groups excluding carboxylic acids is 1. The van der Waals surface area contributed by atoms with Crippen LogP contribution in [0.3, 0.4) is 0 Å². The summed E-state index contributed by atoms with van der Waals surface area (Å²) in [5, 5.41) is 4.03. The first-order valence-corrected chi connectivity index (χ1v) is 9.36. The summed E-state index contributed by atoms with van der Waals surface area (Å²) >= 11 is 1.46. The molecule has 3 rings (SSSR count). The molecule has 3 aromatic rings. The lowest BCUT2D eigenvalue weighted by molar-refractivity contribution is 0.0987. The lowest BCUT2D eigenvalue weighted by Crippen LogP contribution is -2.20. The zero-order valence-electron chi connectivity index (χ0n) is 15.1. The smallest absolute Gasteiger partial charge is 0.297 e. The molecule has 0 fully saturated rings. The summed E-state index contributed by atoms with van der Waals surface area (Å²) in [5.74, 6) is 0.495. The molecule has 26 heavy (non-hydrogen) atoms. The van der Waals surface area contributed by atoms with Gasteiger partial charge in [0.05, 0.1) is 23.4 Å². The van der Waals surface area contributed by atoms with Crippen molar-refractivity contribution in [3.05, 3.63) is 41.0 Å². The molecule has 2 heterocycles. The first-order chi connectivity index (χ1) is 12.6. The largest absolute Gasteiger partial charge is 0.494 e. The number of fused-ring (bicyclic) bond motifs is 1. The second-order valence-corrected chi connectivity index (χ2v) is 6.56. The van der Waals surface area contributed by atoms with Crippen LogP contribution in [0.1, 0.15) is 24.3 Å². The van der Waals surface area contributed by atoms with Crippen molar-refractivity contribution in [1.29, 1.82) is 0 Å². The minimum Gasteiger partial charge on any atom is -0.494 e. The van der Waals surface area contributed by atoms with E-state index in [4.69, 9.17) is 9.47 Å². The lowest BCUT2D eigenvalue weighted by atomic mass is 10.3. The molecule has 0 atom stereocenters. The molecular formula is C18H22N4O3S. The van der Waals surface area contributed by atoms with E-state index in [1.165, 1.54) is 16.0 Å². The van der Waals surface area contributed by atoms with Gasteiger partial charge in [-0.15, -0.1) is 0 Å². The van der Waals surface area contributed by atoms with Crippen LogP contribution in [0.2, 0.25) is 0 Å². The van der Waals surface area contributed by atoms with Crippen molar-refractivity contribution in [3.8, 4) is 5.75 Å². The highest BCUT2D eigenvalue weighted by molar-refractivity contribution is 7.16. The molecule has 8 heteroatoms. The van der Waals surface area contributed by atoms with Gasteiger partial charge >= 0.3 is 0 Å². The number of amides is 1. The number of ether oxygens (including phenoxy) is 2. The first-order valence-electron chi connectivity index (χ1n) is 8.55. The molecule has 0 radical (unpaired) electrons. The normalized spacial score (nSPS) is 12.0. The topological polar surface area (TPSA) is 70.6 Å². The molecular weight excluding hydrogens is 352 g/mol. The van der Waals surface area contributed by atoms with Gasteiger partial charge in [0.25, 0.3) is 5.91 Å². The van der Waals surface area contributed by atoms with E-state index < -0.39 is 0 Å². The Hall–Kier alpha value is -2.45. The fourth-order valence-corrected chi connectivity index (χ4v) is 3.72. The van der Waals surface area contributed by atoms with Crippen molar-refractivity contribution >= 4 is 27.5 Å². The van der Waals surface area contributed by atoms with Crippen LogP contribution in [-0.4, -0.2) is 40.1 Å². The summed E-state index contributed by atoms with van der Waals surface area (Å²) in [7, 11) is 1.73. The lowest BCUT2D eigenvalue weighted by Gasteiger charge is -2.06. The van der Waals surface area contributed by atoms with E-state index in [1.54, 1.807) is 19.3 Å². The van der Waals surface area contributed by atoms with Crippen LogP contribution < -0.4 is 9.54 Å². The van der Waals surface area contributed by atoms with Crippen molar-refractivity contribution in [2.75, 3.05) is 19.8 Å². The van der Waals surface area contributed by atoms with E-state index in [-0.39, 0.29) is 5.91 Å². The minimum atomic E-state index is -0.313. The van der Waals surface area contributed by atoms with Gasteiger partial charge in [-0.25, -0.2) is 0 Å². The second-order valence-electron chi connectivity index (χ2n) is 5.55. The third-order valence-corrected chi connectivity index (χ3v) is 4.91. The number of rotatable bonds is 7. The van der Waals surface area contributed by atoms with Crippen LogP contribution in [0.5, 0.6) is 5.75 Å². The van der Waals surface area contributed by atoms with Crippen molar-refractivity contribution in [3.63, 3.8) is 0 Å². The van der Waals surface area contributed by atoms with Gasteiger partial charge in [0.15, 0.2) is 4.80 Å². The van der Waals surface area contributed by atoms with Gasteiger partial charge in [0.1, 0.15) is 11.4 Å². The predicted molar refractivity (Wildman–Crippen MR) is 101 cm³/mol. The molecule has 138 valence electrons. The SMILES string of the molecule is CCOCCn1c(=NC(=O)c2ccnn2C)sc2cc(OCC)ccc21. The third-order valence-electron chi connectivity index (χ3n) is 3.87. The number of nitrogens with zero attached hydrogens (tertiary/aromatic N) is 4. The van der Waals surface area contributed by atoms with Crippen LogP contribution in [0.25, 0.3) is 10.2 Å². The molecule has 0 saturated heterocycles. The molecule has 0 aliphatic rings. The maximum atomic E-state index is 12.5. The highest BCUT2D eigenvalue weighted by Crippen LogP contribution is 2.23. The Labute approximate surface area is 155 Å². The number of hydrogen-bond donors (Lipinski definition) is 0. The molecule has 7 nitrogen and oxygen atoms in total. The first kappa shape index (κ1) is 18.3. The van der Waals surface area contributed by atoms with Crippen LogP contribution >= 0.6 is 11.3 Å². The van der Waals surface area contributed by atoms with Crippen molar-refractivity contribution in [1.82, 2.24) is 14.3 Å². The maximum absolute atomic E-state index is 12.5. The Morgan fingerprint density at radius 3 is 2.81 bits per heavy atom. The summed E-state index contributed by atoms with van der Waals surface area (Å²) in [4.78, 5) is 17.5. The number of aryl methyl sites for hydroxylation is 1. The quantitative estimate of drug-likeness (QED) is 0.596. The van der Waals surface area contributed by atoms with E-state index in [9.17, 15) is 4.79 Å². The summed E-state index contributed by atoms with van der Waals surface area (Å²) in [5.41, 5.74) is 1.46. The van der Waals surface area contributed by atoms with Gasteiger partial charge in [-0.1, -0.05) is 11.3 Å². The van der Waals surface area contributed by atoms with Crippen molar-refractivity contribution in [2.45, 2.75) is 20.4 Å². The monoisotopic (exact) mass is 374 g/mol. The van der Waals surface area contributed by atoms with E-state index in [2.05, 4.69) is 10.1 Å². The number of hydrogen-bond acceptors (Lipinski definition) is 5. The average Bonchev–Trinajstić information content (AvgIpc) is 3.19. The Morgan fingerprint density at radius 1 is 1.27 bits per heavy atom. The second kappa shape index (κ2) is 8.29.